The van der Waals surface area contributed by atoms with Crippen LogP contribution in [0.3, 0.4) is 0 Å². The molecule has 25 heavy (non-hydrogen) atoms. The molecule has 1 N–H and O–H groups in total. The lowest BCUT2D eigenvalue weighted by molar-refractivity contribution is -0.134. The molecule has 1 unspecified atom stereocenters. The Kier molecular flexibility index (Phi) is 6.18. The number of nitriles is 1. The lowest BCUT2D eigenvalue weighted by atomic mass is 9.97. The molecule has 2 rings (SSSR count). The SMILES string of the molecule is CCC(C)[C@H](NC(=O)c1ccccc1OC)C(=O)N1CC=C[C@H]1C#N. The third kappa shape index (κ3) is 4.00. The highest BCUT2D eigenvalue weighted by Crippen LogP contribution is 2.20. The van der Waals surface area contributed by atoms with Crippen LogP contribution < -0.4 is 10.1 Å². The van der Waals surface area contributed by atoms with Gasteiger partial charge < -0.3 is 15.0 Å². The van der Waals surface area contributed by atoms with E-state index in [0.717, 1.165) is 6.42 Å². The van der Waals surface area contributed by atoms with E-state index in [1.165, 1.54) is 12.0 Å². The number of methoxy groups -OCH3 is 1. The Hall–Kier alpha value is -2.81. The summed E-state index contributed by atoms with van der Waals surface area (Å²) in [5, 5.41) is 12.0. The van der Waals surface area contributed by atoms with Crippen LogP contribution in [0.2, 0.25) is 0 Å². The number of para-hydroxylation sites is 1. The normalized spacial score (nSPS) is 18.3. The van der Waals surface area contributed by atoms with Crippen molar-refractivity contribution in [2.75, 3.05) is 13.7 Å². The van der Waals surface area contributed by atoms with E-state index in [4.69, 9.17) is 4.74 Å². The van der Waals surface area contributed by atoms with Gasteiger partial charge in [-0.15, -0.1) is 0 Å². The number of carbonyl (C=O) groups is 2. The minimum atomic E-state index is -0.696. The van der Waals surface area contributed by atoms with Crippen molar-refractivity contribution in [2.45, 2.75) is 32.4 Å². The van der Waals surface area contributed by atoms with Gasteiger partial charge in [-0.1, -0.05) is 38.5 Å². The van der Waals surface area contributed by atoms with Crippen LogP contribution in [0.25, 0.3) is 0 Å². The molecule has 0 aliphatic carbocycles. The van der Waals surface area contributed by atoms with Gasteiger partial charge in [0.05, 0.1) is 18.7 Å². The molecule has 1 aromatic carbocycles. The van der Waals surface area contributed by atoms with E-state index < -0.39 is 12.1 Å². The topological polar surface area (TPSA) is 82.4 Å². The molecule has 1 aliphatic rings. The van der Waals surface area contributed by atoms with Gasteiger partial charge in [-0.2, -0.15) is 5.26 Å². The standard InChI is InChI=1S/C19H23N3O3/c1-4-13(2)17(19(24)22-11-7-8-14(22)12-20)21-18(23)15-9-5-6-10-16(15)25-3/h5-10,13-14,17H,4,11H2,1-3H3,(H,21,23)/t13?,14-,17-/m0/s1. The van der Waals surface area contributed by atoms with Crippen molar-refractivity contribution in [3.8, 4) is 11.8 Å². The second-order valence-electron chi connectivity index (χ2n) is 6.03. The molecule has 1 aromatic rings. The highest BCUT2D eigenvalue weighted by atomic mass is 16.5. The maximum absolute atomic E-state index is 12.9. The largest absolute Gasteiger partial charge is 0.496 e. The van der Waals surface area contributed by atoms with Crippen LogP contribution in [0.1, 0.15) is 30.6 Å². The summed E-state index contributed by atoms with van der Waals surface area (Å²) in [6.07, 6.45) is 4.22. The Morgan fingerprint density at radius 1 is 1.44 bits per heavy atom. The molecular weight excluding hydrogens is 318 g/mol. The second kappa shape index (κ2) is 8.34. The van der Waals surface area contributed by atoms with E-state index in [0.29, 0.717) is 17.9 Å². The molecule has 0 radical (unpaired) electrons. The van der Waals surface area contributed by atoms with Crippen molar-refractivity contribution in [1.29, 1.82) is 5.26 Å². The fourth-order valence-corrected chi connectivity index (χ4v) is 2.77. The third-order valence-electron chi connectivity index (χ3n) is 4.49. The summed E-state index contributed by atoms with van der Waals surface area (Å²) in [5.41, 5.74) is 0.377. The van der Waals surface area contributed by atoms with Crippen LogP contribution in [0.5, 0.6) is 5.75 Å². The first kappa shape index (κ1) is 18.5. The van der Waals surface area contributed by atoms with E-state index >= 15 is 0 Å². The highest BCUT2D eigenvalue weighted by Gasteiger charge is 2.34. The van der Waals surface area contributed by atoms with Crippen LogP contribution in [-0.2, 0) is 4.79 Å². The van der Waals surface area contributed by atoms with Gasteiger partial charge in [0.2, 0.25) is 5.91 Å². The number of amides is 2. The number of hydrogen-bond acceptors (Lipinski definition) is 4. The molecule has 132 valence electrons. The van der Waals surface area contributed by atoms with Gasteiger partial charge in [0.1, 0.15) is 17.8 Å². The molecule has 0 saturated heterocycles. The van der Waals surface area contributed by atoms with E-state index in [9.17, 15) is 14.9 Å². The molecule has 0 saturated carbocycles. The molecule has 2 amide bonds. The van der Waals surface area contributed by atoms with E-state index in [2.05, 4.69) is 11.4 Å². The Labute approximate surface area is 148 Å². The number of hydrogen-bond donors (Lipinski definition) is 1. The Morgan fingerprint density at radius 3 is 2.80 bits per heavy atom. The second-order valence-corrected chi connectivity index (χ2v) is 6.03. The number of nitrogens with zero attached hydrogens (tertiary/aromatic N) is 2. The number of benzene rings is 1. The summed E-state index contributed by atoms with van der Waals surface area (Å²) >= 11 is 0. The summed E-state index contributed by atoms with van der Waals surface area (Å²) in [4.78, 5) is 27.1. The smallest absolute Gasteiger partial charge is 0.255 e. The van der Waals surface area contributed by atoms with Gasteiger partial charge in [0.15, 0.2) is 0 Å². The van der Waals surface area contributed by atoms with Crippen LogP contribution in [-0.4, -0.2) is 42.5 Å². The summed E-state index contributed by atoms with van der Waals surface area (Å²) in [6, 6.07) is 7.69. The zero-order valence-electron chi connectivity index (χ0n) is 14.7. The molecule has 1 aliphatic heterocycles. The number of carbonyl (C=O) groups excluding carboxylic acids is 2. The first-order valence-corrected chi connectivity index (χ1v) is 8.34. The average molecular weight is 341 g/mol. The monoisotopic (exact) mass is 341 g/mol. The van der Waals surface area contributed by atoms with Gasteiger partial charge in [-0.05, 0) is 24.1 Å². The number of ether oxygens (including phenoxy) is 1. The highest BCUT2D eigenvalue weighted by molar-refractivity contribution is 5.99. The quantitative estimate of drug-likeness (QED) is 0.804. The molecule has 0 spiro atoms. The fourth-order valence-electron chi connectivity index (χ4n) is 2.77. The molecule has 6 heteroatoms. The molecule has 6 nitrogen and oxygen atoms in total. The minimum absolute atomic E-state index is 0.0638. The lowest BCUT2D eigenvalue weighted by Gasteiger charge is -2.29. The predicted octanol–water partition coefficient (Wildman–Crippen LogP) is 2.13. The van der Waals surface area contributed by atoms with Crippen molar-refractivity contribution < 1.29 is 14.3 Å². The Morgan fingerprint density at radius 2 is 2.16 bits per heavy atom. The first-order valence-electron chi connectivity index (χ1n) is 8.34. The zero-order chi connectivity index (χ0) is 18.4. The van der Waals surface area contributed by atoms with Crippen molar-refractivity contribution in [3.63, 3.8) is 0 Å². The first-order chi connectivity index (χ1) is 12.0. The zero-order valence-corrected chi connectivity index (χ0v) is 14.7. The van der Waals surface area contributed by atoms with Crippen LogP contribution in [0, 0.1) is 17.2 Å². The summed E-state index contributed by atoms with van der Waals surface area (Å²) < 4.78 is 5.22. The molecule has 0 bridgehead atoms. The van der Waals surface area contributed by atoms with Crippen molar-refractivity contribution in [3.05, 3.63) is 42.0 Å². The molecule has 0 fully saturated rings. The fraction of sp³-hybridized carbons (Fsp3) is 0.421. The number of nitrogens with one attached hydrogen (secondary N) is 1. The Balaban J connectivity index is 2.22. The summed E-state index contributed by atoms with van der Waals surface area (Å²) in [5.74, 6) is -0.217. The third-order valence-corrected chi connectivity index (χ3v) is 4.49. The van der Waals surface area contributed by atoms with Gasteiger partial charge in [-0.25, -0.2) is 0 Å². The van der Waals surface area contributed by atoms with Crippen LogP contribution in [0.4, 0.5) is 0 Å². The lowest BCUT2D eigenvalue weighted by Crippen LogP contribution is -2.52. The van der Waals surface area contributed by atoms with Gasteiger partial charge >= 0.3 is 0 Å². The maximum atomic E-state index is 12.9. The van der Waals surface area contributed by atoms with Gasteiger partial charge in [0.25, 0.3) is 5.91 Å². The van der Waals surface area contributed by atoms with Crippen molar-refractivity contribution in [1.82, 2.24) is 10.2 Å². The average Bonchev–Trinajstić information content (AvgIpc) is 3.13. The minimum Gasteiger partial charge on any atom is -0.496 e. The van der Waals surface area contributed by atoms with E-state index in [1.54, 1.807) is 36.4 Å². The molecule has 3 atom stereocenters. The maximum Gasteiger partial charge on any atom is 0.255 e. The summed E-state index contributed by atoms with van der Waals surface area (Å²) in [6.45, 7) is 4.26. The van der Waals surface area contributed by atoms with Gasteiger partial charge in [0, 0.05) is 6.54 Å². The van der Waals surface area contributed by atoms with E-state index in [-0.39, 0.29) is 17.7 Å². The van der Waals surface area contributed by atoms with Gasteiger partial charge in [-0.3, -0.25) is 9.59 Å². The molecule has 0 aromatic heterocycles. The van der Waals surface area contributed by atoms with Crippen LogP contribution in [0.15, 0.2) is 36.4 Å². The summed E-state index contributed by atoms with van der Waals surface area (Å²) in [7, 11) is 1.50. The molecule has 1 heterocycles. The predicted molar refractivity (Wildman–Crippen MR) is 94.0 cm³/mol. The number of rotatable bonds is 6. The van der Waals surface area contributed by atoms with Crippen molar-refractivity contribution >= 4 is 11.8 Å². The van der Waals surface area contributed by atoms with E-state index in [1.807, 2.05) is 13.8 Å². The molecular formula is C19H23N3O3. The van der Waals surface area contributed by atoms with Crippen molar-refractivity contribution in [2.24, 2.45) is 5.92 Å². The van der Waals surface area contributed by atoms with Crippen LogP contribution >= 0.6 is 0 Å². The Bertz CT molecular complexity index is 708.